The molecule has 7 N–H and O–H groups in total. The molecular weight excluding hydrogens is 623 g/mol. The van der Waals surface area contributed by atoms with Gasteiger partial charge in [-0.05, 0) is 17.7 Å². The summed E-state index contributed by atoms with van der Waals surface area (Å²) in [6.07, 6.45) is -2.37. The van der Waals surface area contributed by atoms with Crippen LogP contribution in [0, 0.1) is 10.1 Å². The van der Waals surface area contributed by atoms with E-state index in [1.54, 1.807) is 0 Å². The number of hydrogen-bond donors (Lipinski definition) is 7. The number of carboxylic acids is 1. The van der Waals surface area contributed by atoms with Crippen molar-refractivity contribution in [1.29, 1.82) is 0 Å². The number of benzene rings is 1. The minimum atomic E-state index is -1.52. The number of nitro benzene ring substituents is 1. The molecule has 0 radical (unpaired) electrons. The Morgan fingerprint density at radius 3 is 1.77 bits per heavy atom. The minimum Gasteiger partial charge on any atom is -0.480 e. The zero-order valence-corrected chi connectivity index (χ0v) is 23.7. The first-order valence-electron chi connectivity index (χ1n) is 12.1. The first-order chi connectivity index (χ1) is 20.2. The summed E-state index contributed by atoms with van der Waals surface area (Å²) >= 11 is 11.0. The monoisotopic (exact) mass is 650 g/mol. The molecule has 0 aliphatic carbocycles. The van der Waals surface area contributed by atoms with E-state index in [9.17, 15) is 48.8 Å². The Morgan fingerprint density at radius 1 is 0.814 bits per heavy atom. The highest BCUT2D eigenvalue weighted by atomic mass is 35.5. The average Bonchev–Trinajstić information content (AvgIpc) is 2.97. The molecule has 0 saturated heterocycles. The number of aliphatic hydroxyl groups excluding tert-OH is 1. The van der Waals surface area contributed by atoms with Gasteiger partial charge in [0.2, 0.25) is 23.6 Å². The van der Waals surface area contributed by atoms with Crippen molar-refractivity contribution in [3.63, 3.8) is 0 Å². The Balaban J connectivity index is 2.46. The average molecular weight is 651 g/mol. The van der Waals surface area contributed by atoms with Crippen molar-refractivity contribution in [3.8, 4) is 0 Å². The standard InChI is InChI=1S/C23H28Cl2N6O12/c24-22(25)23(40)30-14(21(39)12-1-3-13(4-2-12)31(41)42)11-43-20(38)6-5-15(32)26-7-16(33)27-8-17(34)28-9-18(35)29-10-19(36)37/h1-4,14,21-22,39H,5-11H2,(H,26,32)(H,27,33)(H,28,34)(H,29,35)(H,30,40)(H,36,37)/t14-,21-/m1/s1. The second-order valence-electron chi connectivity index (χ2n) is 8.39. The number of alkyl halides is 2. The number of rotatable bonds is 18. The predicted octanol–water partition coefficient (Wildman–Crippen LogP) is -2.21. The Bertz CT molecular complexity index is 1200. The third-order valence-electron chi connectivity index (χ3n) is 5.11. The molecular formula is C23H28Cl2N6O12. The van der Waals surface area contributed by atoms with E-state index in [0.717, 1.165) is 12.1 Å². The molecule has 0 aliphatic heterocycles. The Labute approximate surface area is 252 Å². The molecule has 0 unspecified atom stereocenters. The van der Waals surface area contributed by atoms with Crippen molar-refractivity contribution < 1.29 is 53.4 Å². The second kappa shape index (κ2) is 18.8. The van der Waals surface area contributed by atoms with Crippen LogP contribution in [-0.2, 0) is 38.3 Å². The summed E-state index contributed by atoms with van der Waals surface area (Å²) in [6.45, 7) is -2.81. The molecule has 18 nitrogen and oxygen atoms in total. The van der Waals surface area contributed by atoms with Gasteiger partial charge in [0.25, 0.3) is 11.6 Å². The molecule has 236 valence electrons. The van der Waals surface area contributed by atoms with Crippen LogP contribution in [0.5, 0.6) is 0 Å². The van der Waals surface area contributed by atoms with Crippen molar-refractivity contribution >= 4 is 70.4 Å². The highest BCUT2D eigenvalue weighted by Crippen LogP contribution is 2.21. The molecule has 20 heteroatoms. The first-order valence-corrected chi connectivity index (χ1v) is 13.0. The number of carboxylic acid groups (broad SMARTS) is 1. The zero-order valence-electron chi connectivity index (χ0n) is 22.2. The van der Waals surface area contributed by atoms with Gasteiger partial charge in [0.15, 0.2) is 4.84 Å². The number of carbonyl (C=O) groups excluding carboxylic acids is 6. The van der Waals surface area contributed by atoms with Crippen molar-refractivity contribution in [1.82, 2.24) is 26.6 Å². The molecule has 0 spiro atoms. The Kier molecular flexibility index (Phi) is 15.9. The molecule has 1 aromatic carbocycles. The van der Waals surface area contributed by atoms with Crippen molar-refractivity contribution in [2.75, 3.05) is 32.8 Å². The summed E-state index contributed by atoms with van der Waals surface area (Å²) in [5.74, 6) is -6.10. The largest absolute Gasteiger partial charge is 0.480 e. The van der Waals surface area contributed by atoms with Gasteiger partial charge >= 0.3 is 11.9 Å². The molecule has 2 atom stereocenters. The van der Waals surface area contributed by atoms with E-state index in [0.29, 0.717) is 0 Å². The van der Waals surface area contributed by atoms with Crippen LogP contribution in [0.15, 0.2) is 24.3 Å². The molecule has 43 heavy (non-hydrogen) atoms. The lowest BCUT2D eigenvalue weighted by atomic mass is 10.0. The summed E-state index contributed by atoms with van der Waals surface area (Å²) in [6, 6.07) is 3.44. The Morgan fingerprint density at radius 2 is 1.30 bits per heavy atom. The molecule has 0 aromatic heterocycles. The highest BCUT2D eigenvalue weighted by molar-refractivity contribution is 6.53. The molecule has 1 aromatic rings. The maximum Gasteiger partial charge on any atom is 0.322 e. The fourth-order valence-corrected chi connectivity index (χ4v) is 3.07. The lowest BCUT2D eigenvalue weighted by Gasteiger charge is -2.24. The molecule has 0 fully saturated rings. The maximum atomic E-state index is 12.1. The van der Waals surface area contributed by atoms with Gasteiger partial charge in [-0.25, -0.2) is 0 Å². The highest BCUT2D eigenvalue weighted by Gasteiger charge is 2.27. The van der Waals surface area contributed by atoms with Gasteiger partial charge in [0, 0.05) is 18.6 Å². The van der Waals surface area contributed by atoms with Crippen LogP contribution in [0.1, 0.15) is 24.5 Å². The van der Waals surface area contributed by atoms with Gasteiger partial charge in [0.05, 0.1) is 37.0 Å². The predicted molar refractivity (Wildman–Crippen MR) is 145 cm³/mol. The SMILES string of the molecule is O=C(O)CNC(=O)CNC(=O)CNC(=O)CNC(=O)CCC(=O)OC[C@@H](NC(=O)C(Cl)Cl)[C@H](O)c1ccc([N+](=O)[O-])cc1. The molecule has 0 saturated carbocycles. The fraction of sp³-hybridized carbons (Fsp3) is 0.435. The van der Waals surface area contributed by atoms with Crippen molar-refractivity contribution in [3.05, 3.63) is 39.9 Å². The normalized spacial score (nSPS) is 11.8. The van der Waals surface area contributed by atoms with Gasteiger partial charge in [-0.2, -0.15) is 0 Å². The van der Waals surface area contributed by atoms with Crippen LogP contribution in [0.4, 0.5) is 5.69 Å². The second-order valence-corrected chi connectivity index (χ2v) is 9.49. The number of aliphatic carboxylic acids is 1. The molecule has 1 rings (SSSR count). The summed E-state index contributed by atoms with van der Waals surface area (Å²) in [5.41, 5.74) is -0.105. The number of non-ortho nitro benzene ring substituents is 1. The summed E-state index contributed by atoms with van der Waals surface area (Å²) in [5, 5.41) is 40.8. The lowest BCUT2D eigenvalue weighted by molar-refractivity contribution is -0.384. The van der Waals surface area contributed by atoms with Gasteiger partial charge in [-0.1, -0.05) is 23.2 Å². The van der Waals surface area contributed by atoms with Crippen LogP contribution in [0.25, 0.3) is 0 Å². The summed E-state index contributed by atoms with van der Waals surface area (Å²) < 4.78 is 5.03. The van der Waals surface area contributed by atoms with Gasteiger partial charge in [-0.3, -0.25) is 43.7 Å². The van der Waals surface area contributed by atoms with E-state index < -0.39 is 109 Å². The van der Waals surface area contributed by atoms with Crippen molar-refractivity contribution in [2.45, 2.75) is 29.8 Å². The third-order valence-corrected chi connectivity index (χ3v) is 5.50. The number of nitrogens with zero attached hydrogens (tertiary/aromatic N) is 1. The minimum absolute atomic E-state index is 0.143. The number of nitro groups is 1. The zero-order chi connectivity index (χ0) is 32.5. The summed E-state index contributed by atoms with van der Waals surface area (Å²) in [7, 11) is 0. The quantitative estimate of drug-likeness (QED) is 0.0385. The number of aliphatic hydroxyl groups is 1. The Hall–Kier alpha value is -4.55. The maximum absolute atomic E-state index is 12.1. The van der Waals surface area contributed by atoms with Gasteiger partial charge < -0.3 is 41.5 Å². The third kappa shape index (κ3) is 15.3. The van der Waals surface area contributed by atoms with E-state index in [1.807, 2.05) is 5.32 Å². The number of halogens is 2. The van der Waals surface area contributed by atoms with E-state index >= 15 is 0 Å². The first kappa shape index (κ1) is 36.5. The van der Waals surface area contributed by atoms with E-state index in [1.165, 1.54) is 12.1 Å². The topological polar surface area (TPSA) is 272 Å². The molecule has 0 aliphatic rings. The number of hydrogen-bond acceptors (Lipinski definition) is 11. The van der Waals surface area contributed by atoms with Crippen molar-refractivity contribution in [2.24, 2.45) is 0 Å². The van der Waals surface area contributed by atoms with Crippen LogP contribution in [0.3, 0.4) is 0 Å². The van der Waals surface area contributed by atoms with Gasteiger partial charge in [-0.15, -0.1) is 0 Å². The number of amides is 5. The van der Waals surface area contributed by atoms with E-state index in [4.69, 9.17) is 33.0 Å². The van der Waals surface area contributed by atoms with Gasteiger partial charge in [0.1, 0.15) is 19.3 Å². The molecule has 5 amide bonds. The number of carbonyl (C=O) groups is 7. The smallest absolute Gasteiger partial charge is 0.322 e. The van der Waals surface area contributed by atoms with Crippen LogP contribution < -0.4 is 26.6 Å². The van der Waals surface area contributed by atoms with E-state index in [-0.39, 0.29) is 11.3 Å². The number of ether oxygens (including phenoxy) is 1. The fourth-order valence-electron chi connectivity index (χ4n) is 2.94. The van der Waals surface area contributed by atoms with Crippen LogP contribution in [-0.4, -0.2) is 100 Å². The van der Waals surface area contributed by atoms with Crippen LogP contribution >= 0.6 is 23.2 Å². The number of esters is 1. The molecule has 0 bridgehead atoms. The number of nitrogens with one attached hydrogen (secondary N) is 5. The molecule has 0 heterocycles. The lowest BCUT2D eigenvalue weighted by Crippen LogP contribution is -2.45. The summed E-state index contributed by atoms with van der Waals surface area (Å²) in [4.78, 5) is 89.8. The van der Waals surface area contributed by atoms with Crippen LogP contribution in [0.2, 0.25) is 0 Å². The van der Waals surface area contributed by atoms with E-state index in [2.05, 4.69) is 21.3 Å².